The van der Waals surface area contributed by atoms with Crippen molar-refractivity contribution in [3.8, 4) is 0 Å². The van der Waals surface area contributed by atoms with Crippen molar-refractivity contribution >= 4 is 18.1 Å². The van der Waals surface area contributed by atoms with E-state index in [-0.39, 0.29) is 0 Å². The third-order valence-corrected chi connectivity index (χ3v) is 2.80. The van der Waals surface area contributed by atoms with Crippen molar-refractivity contribution in [2.45, 2.75) is 6.92 Å². The van der Waals surface area contributed by atoms with Crippen molar-refractivity contribution in [2.24, 2.45) is 0 Å². The topological polar surface area (TPSA) is 37.3 Å². The van der Waals surface area contributed by atoms with Gasteiger partial charge in [0, 0.05) is 0 Å². The Hall–Kier alpha value is -2.35. The second-order valence-corrected chi connectivity index (χ2v) is 4.12. The van der Waals surface area contributed by atoms with Gasteiger partial charge in [0.2, 0.25) is 0 Å². The highest BCUT2D eigenvalue weighted by molar-refractivity contribution is 5.88. The van der Waals surface area contributed by atoms with E-state index in [4.69, 9.17) is 5.11 Å². The molecule has 2 aromatic rings. The zero-order valence-corrected chi connectivity index (χ0v) is 10.1. The summed E-state index contributed by atoms with van der Waals surface area (Å²) >= 11 is 0. The van der Waals surface area contributed by atoms with Gasteiger partial charge in [0.1, 0.15) is 0 Å². The van der Waals surface area contributed by atoms with Gasteiger partial charge in [-0.1, -0.05) is 48.6 Å². The molecule has 2 nitrogen and oxygen atoms in total. The number of carbonyl (C=O) groups is 1. The van der Waals surface area contributed by atoms with Crippen molar-refractivity contribution in [3.63, 3.8) is 0 Å². The van der Waals surface area contributed by atoms with Crippen LogP contribution >= 0.6 is 0 Å². The highest BCUT2D eigenvalue weighted by Gasteiger charge is 2.00. The summed E-state index contributed by atoms with van der Waals surface area (Å²) in [6.45, 7) is 2.06. The number of benzene rings is 2. The number of aryl methyl sites for hydroxylation is 1. The van der Waals surface area contributed by atoms with E-state index in [2.05, 4.69) is 19.1 Å². The second-order valence-electron chi connectivity index (χ2n) is 4.12. The molecule has 0 saturated carbocycles. The first-order valence-corrected chi connectivity index (χ1v) is 5.74. The zero-order chi connectivity index (χ0) is 13.0. The summed E-state index contributed by atoms with van der Waals surface area (Å²) in [4.78, 5) is 10.7. The summed E-state index contributed by atoms with van der Waals surface area (Å²) in [5, 5.41) is 8.80. The number of aromatic carboxylic acids is 1. The lowest BCUT2D eigenvalue weighted by molar-refractivity contribution is 0.0697. The first kappa shape index (κ1) is 12.1. The van der Waals surface area contributed by atoms with E-state index in [1.165, 1.54) is 11.1 Å². The predicted molar refractivity (Wildman–Crippen MR) is 73.5 cm³/mol. The molecule has 0 unspecified atom stereocenters. The maximum atomic E-state index is 10.7. The summed E-state index contributed by atoms with van der Waals surface area (Å²) in [5.74, 6) is -0.899. The molecular weight excluding hydrogens is 224 g/mol. The Morgan fingerprint density at radius 1 is 1.00 bits per heavy atom. The quantitative estimate of drug-likeness (QED) is 0.824. The molecule has 0 saturated heterocycles. The first-order chi connectivity index (χ1) is 8.66. The molecule has 0 aliphatic rings. The highest BCUT2D eigenvalue weighted by Crippen LogP contribution is 2.12. The number of carboxylic acids is 1. The average molecular weight is 238 g/mol. The normalized spacial score (nSPS) is 10.7. The van der Waals surface area contributed by atoms with E-state index >= 15 is 0 Å². The Balaban J connectivity index is 2.19. The summed E-state index contributed by atoms with van der Waals surface area (Å²) < 4.78 is 0. The molecule has 0 aromatic heterocycles. The molecule has 18 heavy (non-hydrogen) atoms. The van der Waals surface area contributed by atoms with Crippen LogP contribution in [0.3, 0.4) is 0 Å². The van der Waals surface area contributed by atoms with E-state index in [1.54, 1.807) is 24.3 Å². The molecule has 0 radical (unpaired) electrons. The molecule has 90 valence electrons. The van der Waals surface area contributed by atoms with Gasteiger partial charge in [0.15, 0.2) is 0 Å². The molecule has 2 rings (SSSR count). The Bertz CT molecular complexity index is 580. The van der Waals surface area contributed by atoms with Crippen LogP contribution in [-0.4, -0.2) is 11.1 Å². The van der Waals surface area contributed by atoms with Crippen molar-refractivity contribution in [3.05, 3.63) is 70.8 Å². The molecule has 0 bridgehead atoms. The third kappa shape index (κ3) is 2.86. The van der Waals surface area contributed by atoms with Crippen LogP contribution in [0.2, 0.25) is 0 Å². The molecule has 0 amide bonds. The van der Waals surface area contributed by atoms with Gasteiger partial charge in [-0.15, -0.1) is 0 Å². The lowest BCUT2D eigenvalue weighted by atomic mass is 10.1. The molecule has 0 aliphatic carbocycles. The minimum Gasteiger partial charge on any atom is -0.478 e. The van der Waals surface area contributed by atoms with Crippen molar-refractivity contribution < 1.29 is 9.90 Å². The summed E-state index contributed by atoms with van der Waals surface area (Å²) in [5.41, 5.74) is 3.68. The SMILES string of the molecule is Cc1ccccc1C=Cc1ccc(C(=O)O)cc1. The van der Waals surface area contributed by atoms with Gasteiger partial charge in [0.05, 0.1) is 5.56 Å². The smallest absolute Gasteiger partial charge is 0.335 e. The van der Waals surface area contributed by atoms with Crippen LogP contribution in [0, 0.1) is 6.92 Å². The molecule has 0 heterocycles. The van der Waals surface area contributed by atoms with Crippen LogP contribution in [0.1, 0.15) is 27.0 Å². The van der Waals surface area contributed by atoms with Crippen LogP contribution in [-0.2, 0) is 0 Å². The number of rotatable bonds is 3. The van der Waals surface area contributed by atoms with Crippen LogP contribution in [0.15, 0.2) is 48.5 Å². The molecule has 0 atom stereocenters. The van der Waals surface area contributed by atoms with E-state index in [0.717, 1.165) is 5.56 Å². The average Bonchev–Trinajstić information content (AvgIpc) is 2.38. The van der Waals surface area contributed by atoms with Gasteiger partial charge < -0.3 is 5.11 Å². The standard InChI is InChI=1S/C16H14O2/c1-12-4-2-3-5-14(12)9-6-13-7-10-15(11-8-13)16(17)18/h2-11H,1H3,(H,17,18). The van der Waals surface area contributed by atoms with Gasteiger partial charge in [-0.05, 0) is 35.7 Å². The molecule has 1 N–H and O–H groups in total. The van der Waals surface area contributed by atoms with E-state index in [1.807, 2.05) is 24.3 Å². The van der Waals surface area contributed by atoms with E-state index < -0.39 is 5.97 Å². The Kier molecular flexibility index (Phi) is 3.58. The fourth-order valence-electron chi connectivity index (χ4n) is 1.70. The molecule has 0 aliphatic heterocycles. The van der Waals surface area contributed by atoms with Gasteiger partial charge >= 0.3 is 5.97 Å². The second kappa shape index (κ2) is 5.32. The highest BCUT2D eigenvalue weighted by atomic mass is 16.4. The molecule has 0 fully saturated rings. The lowest BCUT2D eigenvalue weighted by Gasteiger charge is -1.99. The number of carboxylic acid groups (broad SMARTS) is 1. The maximum Gasteiger partial charge on any atom is 0.335 e. The Morgan fingerprint density at radius 3 is 2.28 bits per heavy atom. The minimum absolute atomic E-state index is 0.308. The number of hydrogen-bond acceptors (Lipinski definition) is 1. The zero-order valence-electron chi connectivity index (χ0n) is 10.1. The van der Waals surface area contributed by atoms with Crippen LogP contribution in [0.5, 0.6) is 0 Å². The van der Waals surface area contributed by atoms with Crippen molar-refractivity contribution in [2.75, 3.05) is 0 Å². The molecule has 2 aromatic carbocycles. The fourth-order valence-corrected chi connectivity index (χ4v) is 1.70. The molecular formula is C16H14O2. The van der Waals surface area contributed by atoms with Gasteiger partial charge in [0.25, 0.3) is 0 Å². The summed E-state index contributed by atoms with van der Waals surface area (Å²) in [7, 11) is 0. The van der Waals surface area contributed by atoms with Gasteiger partial charge in [-0.3, -0.25) is 0 Å². The first-order valence-electron chi connectivity index (χ1n) is 5.74. The molecule has 0 spiro atoms. The maximum absolute atomic E-state index is 10.7. The van der Waals surface area contributed by atoms with E-state index in [9.17, 15) is 4.79 Å². The lowest BCUT2D eigenvalue weighted by Crippen LogP contribution is -1.94. The fraction of sp³-hybridized carbons (Fsp3) is 0.0625. The number of hydrogen-bond donors (Lipinski definition) is 1. The Labute approximate surface area is 106 Å². The van der Waals surface area contributed by atoms with Crippen LogP contribution < -0.4 is 0 Å². The summed E-state index contributed by atoms with van der Waals surface area (Å²) in [6.07, 6.45) is 4.01. The summed E-state index contributed by atoms with van der Waals surface area (Å²) in [6, 6.07) is 15.0. The van der Waals surface area contributed by atoms with Gasteiger partial charge in [-0.2, -0.15) is 0 Å². The third-order valence-electron chi connectivity index (χ3n) is 2.80. The van der Waals surface area contributed by atoms with Crippen LogP contribution in [0.4, 0.5) is 0 Å². The molecule has 2 heteroatoms. The van der Waals surface area contributed by atoms with Crippen LogP contribution in [0.25, 0.3) is 12.2 Å². The largest absolute Gasteiger partial charge is 0.478 e. The van der Waals surface area contributed by atoms with E-state index in [0.29, 0.717) is 5.56 Å². The predicted octanol–water partition coefficient (Wildman–Crippen LogP) is 3.86. The van der Waals surface area contributed by atoms with Crippen molar-refractivity contribution in [1.29, 1.82) is 0 Å². The Morgan fingerprint density at radius 2 is 1.67 bits per heavy atom. The van der Waals surface area contributed by atoms with Gasteiger partial charge in [-0.25, -0.2) is 4.79 Å². The minimum atomic E-state index is -0.899. The van der Waals surface area contributed by atoms with Crippen molar-refractivity contribution in [1.82, 2.24) is 0 Å². The monoisotopic (exact) mass is 238 g/mol.